The molecule has 31 heavy (non-hydrogen) atoms. The van der Waals surface area contributed by atoms with E-state index in [2.05, 4.69) is 13.8 Å². The van der Waals surface area contributed by atoms with Gasteiger partial charge in [-0.3, -0.25) is 4.79 Å². The Labute approximate surface area is 189 Å². The first-order valence-electron chi connectivity index (χ1n) is 10.5. The van der Waals surface area contributed by atoms with Gasteiger partial charge in [0.2, 0.25) is 0 Å². The van der Waals surface area contributed by atoms with Gasteiger partial charge in [-0.2, -0.15) is 0 Å². The predicted octanol–water partition coefficient (Wildman–Crippen LogP) is 6.13. The summed E-state index contributed by atoms with van der Waals surface area (Å²) in [5, 5.41) is 0.634. The van der Waals surface area contributed by atoms with E-state index >= 15 is 0 Å². The van der Waals surface area contributed by atoms with Gasteiger partial charge in [0, 0.05) is 17.6 Å². The molecule has 0 heterocycles. The Bertz CT molecular complexity index is 960. The van der Waals surface area contributed by atoms with Crippen LogP contribution in [0, 0.1) is 0 Å². The fraction of sp³-hybridized carbons (Fsp3) is 0.269. The highest BCUT2D eigenvalue weighted by Gasteiger charge is 2.20. The highest BCUT2D eigenvalue weighted by atomic mass is 35.5. The zero-order valence-electron chi connectivity index (χ0n) is 18.0. The Morgan fingerprint density at radius 3 is 2.32 bits per heavy atom. The second-order valence-electron chi connectivity index (χ2n) is 7.44. The molecule has 0 aromatic heterocycles. The highest BCUT2D eigenvalue weighted by molar-refractivity contribution is 6.30. The predicted molar refractivity (Wildman–Crippen MR) is 124 cm³/mol. The van der Waals surface area contributed by atoms with Crippen LogP contribution in [-0.4, -0.2) is 23.5 Å². The molecule has 3 rings (SSSR count). The summed E-state index contributed by atoms with van der Waals surface area (Å²) in [5.74, 6) is 1.35. The third-order valence-electron chi connectivity index (χ3n) is 5.12. The first-order chi connectivity index (χ1) is 15.0. The van der Waals surface area contributed by atoms with Crippen molar-refractivity contribution in [3.8, 4) is 11.5 Å². The van der Waals surface area contributed by atoms with Crippen LogP contribution in [0.15, 0.2) is 78.9 Å². The van der Waals surface area contributed by atoms with Gasteiger partial charge in [0.15, 0.2) is 6.61 Å². The van der Waals surface area contributed by atoms with E-state index < -0.39 is 0 Å². The van der Waals surface area contributed by atoms with Crippen LogP contribution in [0.5, 0.6) is 11.5 Å². The number of hydrogen-bond acceptors (Lipinski definition) is 3. The fourth-order valence-corrected chi connectivity index (χ4v) is 3.27. The monoisotopic (exact) mass is 437 g/mol. The van der Waals surface area contributed by atoms with Crippen molar-refractivity contribution in [2.75, 3.05) is 6.61 Å². The SMILES string of the molecule is CCC(C)N(Cc1cccc(OCc2ccccc2)c1)C(=O)COc1ccc(Cl)cc1. The maximum absolute atomic E-state index is 12.9. The summed E-state index contributed by atoms with van der Waals surface area (Å²) in [6.07, 6.45) is 0.858. The van der Waals surface area contributed by atoms with E-state index in [9.17, 15) is 4.79 Å². The zero-order chi connectivity index (χ0) is 22.1. The van der Waals surface area contributed by atoms with Gasteiger partial charge >= 0.3 is 0 Å². The summed E-state index contributed by atoms with van der Waals surface area (Å²) < 4.78 is 11.6. The standard InChI is InChI=1S/C26H28ClNO3/c1-3-20(2)28(26(29)19-31-24-14-12-23(27)13-15-24)17-22-10-7-11-25(16-22)30-18-21-8-5-4-6-9-21/h4-16,20H,3,17-19H2,1-2H3. The molecule has 0 radical (unpaired) electrons. The molecule has 0 aliphatic carbocycles. The number of hydrogen-bond donors (Lipinski definition) is 0. The van der Waals surface area contributed by atoms with E-state index in [1.165, 1.54) is 0 Å². The number of benzene rings is 3. The lowest BCUT2D eigenvalue weighted by Crippen LogP contribution is -2.40. The molecule has 0 fully saturated rings. The zero-order valence-corrected chi connectivity index (χ0v) is 18.7. The van der Waals surface area contributed by atoms with E-state index in [-0.39, 0.29) is 18.6 Å². The number of nitrogens with zero attached hydrogens (tertiary/aromatic N) is 1. The van der Waals surface area contributed by atoms with Crippen molar-refractivity contribution >= 4 is 17.5 Å². The highest BCUT2D eigenvalue weighted by Crippen LogP contribution is 2.19. The molecule has 1 unspecified atom stereocenters. The van der Waals surface area contributed by atoms with Gasteiger partial charge in [-0.05, 0) is 60.9 Å². The molecule has 1 atom stereocenters. The van der Waals surface area contributed by atoms with Crippen LogP contribution in [0.25, 0.3) is 0 Å². The van der Waals surface area contributed by atoms with Crippen molar-refractivity contribution in [1.82, 2.24) is 4.90 Å². The van der Waals surface area contributed by atoms with Crippen LogP contribution in [0.2, 0.25) is 5.02 Å². The summed E-state index contributed by atoms with van der Waals surface area (Å²) in [5.41, 5.74) is 2.13. The molecule has 5 heteroatoms. The minimum absolute atomic E-state index is 0.0177. The number of carbonyl (C=O) groups is 1. The van der Waals surface area contributed by atoms with E-state index in [1.807, 2.05) is 59.5 Å². The number of ether oxygens (including phenoxy) is 2. The Kier molecular flexibility index (Phi) is 8.36. The number of amides is 1. The van der Waals surface area contributed by atoms with Crippen molar-refractivity contribution in [1.29, 1.82) is 0 Å². The van der Waals surface area contributed by atoms with Gasteiger partial charge in [0.05, 0.1) is 0 Å². The lowest BCUT2D eigenvalue weighted by Gasteiger charge is -2.29. The van der Waals surface area contributed by atoms with Crippen molar-refractivity contribution < 1.29 is 14.3 Å². The van der Waals surface area contributed by atoms with Crippen LogP contribution in [-0.2, 0) is 17.9 Å². The minimum Gasteiger partial charge on any atom is -0.489 e. The second kappa shape index (κ2) is 11.4. The molecule has 0 saturated carbocycles. The lowest BCUT2D eigenvalue weighted by atomic mass is 10.1. The molecule has 3 aromatic carbocycles. The number of carbonyl (C=O) groups excluding carboxylic acids is 1. The Balaban J connectivity index is 1.63. The summed E-state index contributed by atoms with van der Waals surface area (Å²) >= 11 is 5.90. The first-order valence-corrected chi connectivity index (χ1v) is 10.9. The summed E-state index contributed by atoms with van der Waals surface area (Å²) in [4.78, 5) is 14.8. The van der Waals surface area contributed by atoms with Gasteiger partial charge < -0.3 is 14.4 Å². The molecule has 1 amide bonds. The Hall–Kier alpha value is -2.98. The molecule has 0 aliphatic heterocycles. The van der Waals surface area contributed by atoms with Gasteiger partial charge in [-0.25, -0.2) is 0 Å². The lowest BCUT2D eigenvalue weighted by molar-refractivity contribution is -0.136. The van der Waals surface area contributed by atoms with Crippen LogP contribution in [0.3, 0.4) is 0 Å². The van der Waals surface area contributed by atoms with E-state index in [0.717, 1.165) is 23.3 Å². The van der Waals surface area contributed by atoms with Crippen LogP contribution in [0.1, 0.15) is 31.4 Å². The third kappa shape index (κ3) is 7.04. The largest absolute Gasteiger partial charge is 0.489 e. The molecule has 3 aromatic rings. The first kappa shape index (κ1) is 22.7. The smallest absolute Gasteiger partial charge is 0.261 e. The summed E-state index contributed by atoms with van der Waals surface area (Å²) in [6, 6.07) is 25.1. The molecule has 0 N–H and O–H groups in total. The van der Waals surface area contributed by atoms with Crippen LogP contribution >= 0.6 is 11.6 Å². The Morgan fingerprint density at radius 1 is 0.903 bits per heavy atom. The third-order valence-corrected chi connectivity index (χ3v) is 5.37. The van der Waals surface area contributed by atoms with Gasteiger partial charge in [-0.1, -0.05) is 61.0 Å². The summed E-state index contributed by atoms with van der Waals surface area (Å²) in [7, 11) is 0. The van der Waals surface area contributed by atoms with Crippen molar-refractivity contribution in [3.63, 3.8) is 0 Å². The van der Waals surface area contributed by atoms with Gasteiger partial charge in [0.1, 0.15) is 18.1 Å². The average molecular weight is 438 g/mol. The minimum atomic E-state index is -0.0556. The van der Waals surface area contributed by atoms with E-state index in [1.54, 1.807) is 24.3 Å². The number of rotatable bonds is 10. The van der Waals surface area contributed by atoms with Crippen LogP contribution < -0.4 is 9.47 Å². The molecule has 0 aliphatic rings. The Morgan fingerprint density at radius 2 is 1.61 bits per heavy atom. The van der Waals surface area contributed by atoms with Crippen molar-refractivity contribution in [2.45, 2.75) is 39.5 Å². The topological polar surface area (TPSA) is 38.8 Å². The van der Waals surface area contributed by atoms with Crippen molar-refractivity contribution in [3.05, 3.63) is 95.0 Å². The maximum atomic E-state index is 12.9. The normalized spacial score (nSPS) is 11.6. The molecule has 0 bridgehead atoms. The second-order valence-corrected chi connectivity index (χ2v) is 7.88. The number of halogens is 1. The fourth-order valence-electron chi connectivity index (χ4n) is 3.14. The molecule has 0 saturated heterocycles. The summed E-state index contributed by atoms with van der Waals surface area (Å²) in [6.45, 7) is 5.12. The molecule has 4 nitrogen and oxygen atoms in total. The van der Waals surface area contributed by atoms with Gasteiger partial charge in [-0.15, -0.1) is 0 Å². The van der Waals surface area contributed by atoms with E-state index in [0.29, 0.717) is 23.9 Å². The molecular weight excluding hydrogens is 410 g/mol. The van der Waals surface area contributed by atoms with Crippen LogP contribution in [0.4, 0.5) is 0 Å². The average Bonchev–Trinajstić information content (AvgIpc) is 2.81. The quantitative estimate of drug-likeness (QED) is 0.383. The van der Waals surface area contributed by atoms with E-state index in [4.69, 9.17) is 21.1 Å². The molecular formula is C26H28ClNO3. The maximum Gasteiger partial charge on any atom is 0.261 e. The molecule has 0 spiro atoms. The van der Waals surface area contributed by atoms with Gasteiger partial charge in [0.25, 0.3) is 5.91 Å². The van der Waals surface area contributed by atoms with Crippen molar-refractivity contribution in [2.24, 2.45) is 0 Å². The molecule has 162 valence electrons.